The van der Waals surface area contributed by atoms with Crippen LogP contribution in [0.3, 0.4) is 0 Å². The van der Waals surface area contributed by atoms with E-state index in [1.807, 2.05) is 39.1 Å². The number of carbonyl (C=O) groups excluding carboxylic acids is 2. The Kier molecular flexibility index (Phi) is 7.14. The molecule has 2 aromatic rings. The molecule has 0 spiro atoms. The Bertz CT molecular complexity index is 779. The molecular weight excluding hydrogens is 330 g/mol. The zero-order valence-electron chi connectivity index (χ0n) is 15.5. The molecule has 1 N–H and O–H groups in total. The summed E-state index contributed by atoms with van der Waals surface area (Å²) in [5.41, 5.74) is 3.92. The maximum atomic E-state index is 11.7. The molecule has 0 saturated heterocycles. The van der Waals surface area contributed by atoms with Crippen LogP contribution in [0.4, 0.5) is 0 Å². The van der Waals surface area contributed by atoms with Gasteiger partial charge in [-0.05, 0) is 38.3 Å². The third-order valence-corrected chi connectivity index (χ3v) is 4.10. The van der Waals surface area contributed by atoms with Crippen molar-refractivity contribution in [3.63, 3.8) is 0 Å². The Morgan fingerprint density at radius 3 is 2.62 bits per heavy atom. The van der Waals surface area contributed by atoms with Gasteiger partial charge in [-0.15, -0.1) is 0 Å². The number of esters is 1. The number of benzene rings is 1. The highest BCUT2D eigenvalue weighted by atomic mass is 16.5. The second kappa shape index (κ2) is 9.56. The van der Waals surface area contributed by atoms with Crippen LogP contribution < -0.4 is 5.32 Å². The van der Waals surface area contributed by atoms with Gasteiger partial charge in [0.25, 0.3) is 5.91 Å². The van der Waals surface area contributed by atoms with Gasteiger partial charge in [0.05, 0.1) is 5.69 Å². The van der Waals surface area contributed by atoms with Gasteiger partial charge in [-0.1, -0.05) is 30.3 Å². The summed E-state index contributed by atoms with van der Waals surface area (Å²) < 4.78 is 6.72. The lowest BCUT2D eigenvalue weighted by molar-refractivity contribution is -0.143. The van der Waals surface area contributed by atoms with Crippen LogP contribution in [-0.4, -0.2) is 34.8 Å². The Balaban J connectivity index is 1.66. The lowest BCUT2D eigenvalue weighted by Gasteiger charge is -2.05. The minimum Gasteiger partial charge on any atom is -0.452 e. The fraction of sp³-hybridized carbons (Fsp3) is 0.350. The van der Waals surface area contributed by atoms with Crippen LogP contribution in [-0.2, 0) is 27.8 Å². The van der Waals surface area contributed by atoms with E-state index in [-0.39, 0.29) is 12.5 Å². The van der Waals surface area contributed by atoms with Crippen molar-refractivity contribution in [1.29, 1.82) is 0 Å². The number of nitrogens with zero attached hydrogens (tertiary/aromatic N) is 2. The Hall–Kier alpha value is -2.89. The van der Waals surface area contributed by atoms with Gasteiger partial charge in [0.15, 0.2) is 6.61 Å². The number of ether oxygens (including phenoxy) is 1. The second-order valence-corrected chi connectivity index (χ2v) is 6.09. The summed E-state index contributed by atoms with van der Waals surface area (Å²) >= 11 is 0. The van der Waals surface area contributed by atoms with Gasteiger partial charge in [0.1, 0.15) is 0 Å². The molecule has 0 saturated carbocycles. The summed E-state index contributed by atoms with van der Waals surface area (Å²) in [5.74, 6) is -0.847. The molecule has 6 nitrogen and oxygen atoms in total. The Morgan fingerprint density at radius 2 is 1.96 bits per heavy atom. The van der Waals surface area contributed by atoms with Gasteiger partial charge in [-0.25, -0.2) is 4.79 Å². The summed E-state index contributed by atoms with van der Waals surface area (Å²) in [6.45, 7) is 4.07. The number of hydrogen-bond acceptors (Lipinski definition) is 4. The number of aromatic nitrogens is 2. The summed E-state index contributed by atoms with van der Waals surface area (Å²) in [5, 5.41) is 7.03. The van der Waals surface area contributed by atoms with E-state index in [4.69, 9.17) is 4.74 Å². The maximum absolute atomic E-state index is 11.7. The van der Waals surface area contributed by atoms with Crippen LogP contribution in [0.15, 0.2) is 36.4 Å². The molecule has 0 aliphatic heterocycles. The predicted molar refractivity (Wildman–Crippen MR) is 100 cm³/mol. The molecule has 1 aromatic carbocycles. The maximum Gasteiger partial charge on any atom is 0.331 e. The smallest absolute Gasteiger partial charge is 0.331 e. The zero-order chi connectivity index (χ0) is 18.9. The lowest BCUT2D eigenvalue weighted by atomic mass is 10.1. The largest absolute Gasteiger partial charge is 0.452 e. The second-order valence-electron chi connectivity index (χ2n) is 6.09. The van der Waals surface area contributed by atoms with E-state index in [2.05, 4.69) is 22.5 Å². The van der Waals surface area contributed by atoms with E-state index in [1.165, 1.54) is 11.6 Å². The van der Waals surface area contributed by atoms with Crippen LogP contribution in [0.5, 0.6) is 0 Å². The third kappa shape index (κ3) is 5.88. The topological polar surface area (TPSA) is 73.2 Å². The Labute approximate surface area is 153 Å². The van der Waals surface area contributed by atoms with Crippen molar-refractivity contribution in [2.45, 2.75) is 26.7 Å². The summed E-state index contributed by atoms with van der Waals surface area (Å²) in [6.07, 6.45) is 4.72. The van der Waals surface area contributed by atoms with Gasteiger partial charge in [-0.3, -0.25) is 9.48 Å². The number of amides is 1. The first-order valence-corrected chi connectivity index (χ1v) is 8.63. The van der Waals surface area contributed by atoms with E-state index in [1.54, 1.807) is 10.8 Å². The first-order valence-electron chi connectivity index (χ1n) is 8.63. The lowest BCUT2D eigenvalue weighted by Crippen LogP contribution is -2.29. The molecule has 138 valence electrons. The molecule has 6 heteroatoms. The molecule has 0 aliphatic rings. The highest BCUT2D eigenvalue weighted by Crippen LogP contribution is 2.13. The normalized spacial score (nSPS) is 10.9. The van der Waals surface area contributed by atoms with Crippen LogP contribution in [0.2, 0.25) is 0 Å². The molecular formula is C20H25N3O3. The molecule has 0 fully saturated rings. The van der Waals surface area contributed by atoms with Crippen LogP contribution >= 0.6 is 0 Å². The van der Waals surface area contributed by atoms with Crippen LogP contribution in [0.1, 0.15) is 28.9 Å². The molecule has 1 amide bonds. The molecule has 0 aliphatic carbocycles. The van der Waals surface area contributed by atoms with E-state index in [0.717, 1.165) is 29.8 Å². The van der Waals surface area contributed by atoms with E-state index in [9.17, 15) is 9.59 Å². The molecule has 26 heavy (non-hydrogen) atoms. The fourth-order valence-corrected chi connectivity index (χ4v) is 2.58. The average molecular weight is 355 g/mol. The first kappa shape index (κ1) is 19.4. The van der Waals surface area contributed by atoms with Crippen molar-refractivity contribution in [2.24, 2.45) is 7.05 Å². The molecule has 0 atom stereocenters. The van der Waals surface area contributed by atoms with Crippen molar-refractivity contribution in [3.8, 4) is 0 Å². The number of rotatable bonds is 8. The molecule has 0 unspecified atom stereocenters. The van der Waals surface area contributed by atoms with Crippen molar-refractivity contribution < 1.29 is 14.3 Å². The SMILES string of the molecule is Cc1nn(C)c(C)c1/C=C/C(=O)OCC(=O)NCCCc1ccccc1. The summed E-state index contributed by atoms with van der Waals surface area (Å²) in [6, 6.07) is 10.1. The molecule has 1 heterocycles. The standard InChI is InChI=1S/C20H25N3O3/c1-15-18(16(2)23(3)22-15)11-12-20(25)26-14-19(24)21-13-7-10-17-8-5-4-6-9-17/h4-6,8-9,11-12H,7,10,13-14H2,1-3H3,(H,21,24)/b12-11+. The zero-order valence-corrected chi connectivity index (χ0v) is 15.5. The number of nitrogens with one attached hydrogen (secondary N) is 1. The third-order valence-electron chi connectivity index (χ3n) is 4.10. The minimum atomic E-state index is -0.549. The summed E-state index contributed by atoms with van der Waals surface area (Å²) in [4.78, 5) is 23.5. The van der Waals surface area contributed by atoms with Crippen molar-refractivity contribution in [1.82, 2.24) is 15.1 Å². The molecule has 2 rings (SSSR count). The van der Waals surface area contributed by atoms with E-state index < -0.39 is 5.97 Å². The minimum absolute atomic E-state index is 0.278. The average Bonchev–Trinajstić information content (AvgIpc) is 2.88. The first-order chi connectivity index (χ1) is 12.5. The molecule has 1 aromatic heterocycles. The highest BCUT2D eigenvalue weighted by molar-refractivity contribution is 5.89. The Morgan fingerprint density at radius 1 is 1.23 bits per heavy atom. The number of hydrogen-bond donors (Lipinski definition) is 1. The van der Waals surface area contributed by atoms with Gasteiger partial charge in [0, 0.05) is 30.9 Å². The summed E-state index contributed by atoms with van der Waals surface area (Å²) in [7, 11) is 1.85. The predicted octanol–water partition coefficient (Wildman–Crippen LogP) is 2.34. The van der Waals surface area contributed by atoms with Gasteiger partial charge in [0.2, 0.25) is 0 Å². The molecule has 0 radical (unpaired) electrons. The highest BCUT2D eigenvalue weighted by Gasteiger charge is 2.08. The van der Waals surface area contributed by atoms with Crippen LogP contribution in [0.25, 0.3) is 6.08 Å². The molecule has 0 bridgehead atoms. The van der Waals surface area contributed by atoms with Crippen LogP contribution in [0, 0.1) is 13.8 Å². The number of aryl methyl sites for hydroxylation is 3. The van der Waals surface area contributed by atoms with Gasteiger partial charge >= 0.3 is 5.97 Å². The van der Waals surface area contributed by atoms with Gasteiger partial charge in [-0.2, -0.15) is 5.10 Å². The van der Waals surface area contributed by atoms with Crippen molar-refractivity contribution >= 4 is 18.0 Å². The number of carbonyl (C=O) groups is 2. The van der Waals surface area contributed by atoms with Crippen molar-refractivity contribution in [2.75, 3.05) is 13.2 Å². The quantitative estimate of drug-likeness (QED) is 0.448. The monoisotopic (exact) mass is 355 g/mol. The fourth-order valence-electron chi connectivity index (χ4n) is 2.58. The van der Waals surface area contributed by atoms with Crippen molar-refractivity contribution in [3.05, 3.63) is 58.9 Å². The van der Waals surface area contributed by atoms with Gasteiger partial charge < -0.3 is 10.1 Å². The van der Waals surface area contributed by atoms with E-state index >= 15 is 0 Å². The van der Waals surface area contributed by atoms with E-state index in [0.29, 0.717) is 6.54 Å².